The molecule has 134 valence electrons. The molecular formula is C20H22N4O2. The van der Waals surface area contributed by atoms with Crippen molar-refractivity contribution in [3.8, 4) is 5.75 Å². The summed E-state index contributed by atoms with van der Waals surface area (Å²) in [6.45, 7) is 4.45. The van der Waals surface area contributed by atoms with Crippen LogP contribution in [0.15, 0.2) is 59.0 Å². The van der Waals surface area contributed by atoms with E-state index in [-0.39, 0.29) is 0 Å². The Morgan fingerprint density at radius 3 is 2.27 bits per heavy atom. The van der Waals surface area contributed by atoms with Crippen LogP contribution in [-0.4, -0.2) is 46.4 Å². The van der Waals surface area contributed by atoms with Gasteiger partial charge >= 0.3 is 0 Å². The molecule has 2 aromatic carbocycles. The highest BCUT2D eigenvalue weighted by Gasteiger charge is 2.19. The minimum Gasteiger partial charge on any atom is -0.508 e. The Bertz CT molecular complexity index is 825. The second kappa shape index (κ2) is 7.58. The zero-order valence-electron chi connectivity index (χ0n) is 14.6. The van der Waals surface area contributed by atoms with Gasteiger partial charge in [0, 0.05) is 31.9 Å². The van der Waals surface area contributed by atoms with Gasteiger partial charge in [-0.05, 0) is 29.8 Å². The van der Waals surface area contributed by atoms with E-state index in [4.69, 9.17) is 4.42 Å². The molecule has 1 aliphatic heterocycles. The average Bonchev–Trinajstić information content (AvgIpc) is 3.11. The third-order valence-corrected chi connectivity index (χ3v) is 4.65. The van der Waals surface area contributed by atoms with E-state index in [0.717, 1.165) is 31.9 Å². The molecule has 0 atom stereocenters. The van der Waals surface area contributed by atoms with E-state index in [1.165, 1.54) is 5.56 Å². The van der Waals surface area contributed by atoms with Crippen molar-refractivity contribution in [2.75, 3.05) is 31.1 Å². The smallest absolute Gasteiger partial charge is 0.230 e. The fraction of sp³-hybridized carbons (Fsp3) is 0.300. The molecule has 1 aromatic heterocycles. The summed E-state index contributed by atoms with van der Waals surface area (Å²) in [5, 5.41) is 17.8. The highest BCUT2D eigenvalue weighted by atomic mass is 16.4. The highest BCUT2D eigenvalue weighted by molar-refractivity contribution is 5.49. The summed E-state index contributed by atoms with van der Waals surface area (Å²) < 4.78 is 5.81. The lowest BCUT2D eigenvalue weighted by atomic mass is 10.2. The lowest BCUT2D eigenvalue weighted by molar-refractivity contribution is 0.224. The Labute approximate surface area is 152 Å². The van der Waals surface area contributed by atoms with E-state index in [2.05, 4.69) is 32.1 Å². The number of aromatic nitrogens is 2. The van der Waals surface area contributed by atoms with Crippen LogP contribution in [-0.2, 0) is 13.0 Å². The maximum Gasteiger partial charge on any atom is 0.230 e. The standard InChI is InChI=1S/C20H22N4O2/c25-18-8-6-17(7-9-18)24-12-10-23(11-13-24)15-20-22-21-19(26-20)14-16-4-2-1-3-5-16/h1-9,25H,10-15H2. The third kappa shape index (κ3) is 4.03. The molecule has 0 saturated carbocycles. The first-order valence-corrected chi connectivity index (χ1v) is 8.88. The summed E-state index contributed by atoms with van der Waals surface area (Å²) in [7, 11) is 0. The van der Waals surface area contributed by atoms with Gasteiger partial charge in [-0.15, -0.1) is 10.2 Å². The van der Waals surface area contributed by atoms with Crippen molar-refractivity contribution in [1.82, 2.24) is 15.1 Å². The minimum atomic E-state index is 0.301. The third-order valence-electron chi connectivity index (χ3n) is 4.65. The first-order valence-electron chi connectivity index (χ1n) is 8.88. The van der Waals surface area contributed by atoms with Gasteiger partial charge in [0.25, 0.3) is 0 Å². The second-order valence-corrected chi connectivity index (χ2v) is 6.53. The van der Waals surface area contributed by atoms with Gasteiger partial charge in [0.2, 0.25) is 11.8 Å². The van der Waals surface area contributed by atoms with Gasteiger partial charge in [0.05, 0.1) is 13.0 Å². The molecule has 1 N–H and O–H groups in total. The van der Waals surface area contributed by atoms with Crippen molar-refractivity contribution in [3.63, 3.8) is 0 Å². The fourth-order valence-electron chi connectivity index (χ4n) is 3.21. The van der Waals surface area contributed by atoms with E-state index >= 15 is 0 Å². The van der Waals surface area contributed by atoms with Crippen LogP contribution >= 0.6 is 0 Å². The predicted molar refractivity (Wildman–Crippen MR) is 99.1 cm³/mol. The summed E-state index contributed by atoms with van der Waals surface area (Å²) in [6, 6.07) is 17.5. The molecule has 0 radical (unpaired) electrons. The van der Waals surface area contributed by atoms with Crippen LogP contribution in [0.1, 0.15) is 17.3 Å². The zero-order chi connectivity index (χ0) is 17.8. The summed E-state index contributed by atoms with van der Waals surface area (Å²) >= 11 is 0. The van der Waals surface area contributed by atoms with Crippen LogP contribution in [0.5, 0.6) is 5.75 Å². The average molecular weight is 350 g/mol. The Morgan fingerprint density at radius 2 is 1.54 bits per heavy atom. The first-order chi connectivity index (χ1) is 12.8. The molecule has 0 aliphatic carbocycles. The number of benzene rings is 2. The maximum absolute atomic E-state index is 9.41. The van der Waals surface area contributed by atoms with E-state index in [0.29, 0.717) is 30.5 Å². The molecule has 2 heterocycles. The Kier molecular flexibility index (Phi) is 4.84. The second-order valence-electron chi connectivity index (χ2n) is 6.53. The Balaban J connectivity index is 1.30. The Hall–Kier alpha value is -2.86. The van der Waals surface area contributed by atoms with Crippen LogP contribution in [0.3, 0.4) is 0 Å². The number of nitrogens with zero attached hydrogens (tertiary/aromatic N) is 4. The van der Waals surface area contributed by atoms with E-state index in [9.17, 15) is 5.11 Å². The maximum atomic E-state index is 9.41. The molecule has 6 heteroatoms. The van der Waals surface area contributed by atoms with E-state index < -0.39 is 0 Å². The lowest BCUT2D eigenvalue weighted by Crippen LogP contribution is -2.46. The van der Waals surface area contributed by atoms with Crippen LogP contribution < -0.4 is 4.90 Å². The van der Waals surface area contributed by atoms with Crippen molar-refractivity contribution < 1.29 is 9.52 Å². The van der Waals surface area contributed by atoms with Crippen molar-refractivity contribution in [2.45, 2.75) is 13.0 Å². The number of phenolic OH excluding ortho intramolecular Hbond substituents is 1. The van der Waals surface area contributed by atoms with Gasteiger partial charge < -0.3 is 14.4 Å². The molecule has 0 amide bonds. The molecule has 4 rings (SSSR count). The summed E-state index contributed by atoms with van der Waals surface area (Å²) in [5.41, 5.74) is 2.32. The number of rotatable bonds is 5. The van der Waals surface area contributed by atoms with Crippen LogP contribution in [0, 0.1) is 0 Å². The molecule has 0 spiro atoms. The predicted octanol–water partition coefficient (Wildman–Crippen LogP) is 2.69. The molecule has 1 fully saturated rings. The topological polar surface area (TPSA) is 65.6 Å². The molecule has 1 aliphatic rings. The monoisotopic (exact) mass is 350 g/mol. The van der Waals surface area contributed by atoms with Gasteiger partial charge in [0.1, 0.15) is 5.75 Å². The molecule has 1 saturated heterocycles. The van der Waals surface area contributed by atoms with Crippen LogP contribution in [0.25, 0.3) is 0 Å². The number of piperazine rings is 1. The first kappa shape index (κ1) is 16.6. The van der Waals surface area contributed by atoms with Crippen molar-refractivity contribution >= 4 is 5.69 Å². The molecule has 3 aromatic rings. The van der Waals surface area contributed by atoms with Gasteiger partial charge in [0.15, 0.2) is 0 Å². The van der Waals surface area contributed by atoms with Gasteiger partial charge in [-0.3, -0.25) is 4.90 Å². The highest BCUT2D eigenvalue weighted by Crippen LogP contribution is 2.20. The normalized spacial score (nSPS) is 15.3. The van der Waals surface area contributed by atoms with Gasteiger partial charge in [-0.2, -0.15) is 0 Å². The number of anilines is 1. The summed E-state index contributed by atoms with van der Waals surface area (Å²) in [6.07, 6.45) is 0.669. The Morgan fingerprint density at radius 1 is 0.846 bits per heavy atom. The van der Waals surface area contributed by atoms with Crippen molar-refractivity contribution in [2.24, 2.45) is 0 Å². The molecule has 26 heavy (non-hydrogen) atoms. The summed E-state index contributed by atoms with van der Waals surface area (Å²) in [4.78, 5) is 4.65. The van der Waals surface area contributed by atoms with E-state index in [1.807, 2.05) is 30.3 Å². The minimum absolute atomic E-state index is 0.301. The largest absolute Gasteiger partial charge is 0.508 e. The number of aromatic hydroxyl groups is 1. The summed E-state index contributed by atoms with van der Waals surface area (Å²) in [5.74, 6) is 1.64. The lowest BCUT2D eigenvalue weighted by Gasteiger charge is -2.35. The number of phenols is 1. The fourth-order valence-corrected chi connectivity index (χ4v) is 3.21. The van der Waals surface area contributed by atoms with Crippen molar-refractivity contribution in [3.05, 3.63) is 71.9 Å². The van der Waals surface area contributed by atoms with Crippen molar-refractivity contribution in [1.29, 1.82) is 0 Å². The van der Waals surface area contributed by atoms with Gasteiger partial charge in [-0.1, -0.05) is 30.3 Å². The number of hydrogen-bond acceptors (Lipinski definition) is 6. The molecule has 0 bridgehead atoms. The van der Waals surface area contributed by atoms with E-state index in [1.54, 1.807) is 12.1 Å². The molecule has 0 unspecified atom stereocenters. The molecule has 6 nitrogen and oxygen atoms in total. The van der Waals surface area contributed by atoms with Crippen LogP contribution in [0.2, 0.25) is 0 Å². The number of hydrogen-bond donors (Lipinski definition) is 1. The SMILES string of the molecule is Oc1ccc(N2CCN(Cc3nnc(Cc4ccccc4)o3)CC2)cc1. The quantitative estimate of drug-likeness (QED) is 0.763. The zero-order valence-corrected chi connectivity index (χ0v) is 14.6. The van der Waals surface area contributed by atoms with Crippen LogP contribution in [0.4, 0.5) is 5.69 Å². The molecular weight excluding hydrogens is 328 g/mol. The van der Waals surface area contributed by atoms with Gasteiger partial charge in [-0.25, -0.2) is 0 Å².